The Bertz CT molecular complexity index is 179. The van der Waals surface area contributed by atoms with Crippen molar-refractivity contribution in [1.82, 2.24) is 0 Å². The molecule has 0 fully saturated rings. The van der Waals surface area contributed by atoms with Crippen molar-refractivity contribution in [3.05, 3.63) is 0 Å². The highest BCUT2D eigenvalue weighted by Gasteiger charge is 2.20. The van der Waals surface area contributed by atoms with Crippen molar-refractivity contribution in [2.75, 3.05) is 0 Å². The first kappa shape index (κ1) is 12.3. The molecule has 0 aromatic carbocycles. The van der Waals surface area contributed by atoms with Crippen molar-refractivity contribution in [2.45, 2.75) is 45.1 Å². The van der Waals surface area contributed by atoms with Crippen LogP contribution in [-0.2, 0) is 9.53 Å². The van der Waals surface area contributed by atoms with E-state index < -0.39 is 17.4 Å². The number of ether oxygens (including phenoxy) is 1. The molecule has 5 N–H and O–H groups in total. The molecule has 0 atom stereocenters. The maximum atomic E-state index is 11.1. The summed E-state index contributed by atoms with van der Waals surface area (Å²) < 4.78 is 4.97. The van der Waals surface area contributed by atoms with E-state index in [0.717, 1.165) is 0 Å². The Kier molecular flexibility index (Phi) is 3.84. The van der Waals surface area contributed by atoms with Gasteiger partial charge in [0.25, 0.3) is 0 Å². The smallest absolute Gasteiger partial charge is 0.306 e. The quantitative estimate of drug-likeness (QED) is 0.418. The van der Waals surface area contributed by atoms with Gasteiger partial charge in [-0.1, -0.05) is 0 Å². The van der Waals surface area contributed by atoms with Crippen LogP contribution in [0.15, 0.2) is 0 Å². The lowest BCUT2D eigenvalue weighted by Crippen LogP contribution is -2.49. The maximum absolute atomic E-state index is 11.1. The molecule has 78 valence electrons. The van der Waals surface area contributed by atoms with Crippen molar-refractivity contribution < 1.29 is 14.6 Å². The van der Waals surface area contributed by atoms with Crippen molar-refractivity contribution in [1.29, 1.82) is 0 Å². The summed E-state index contributed by atoms with van der Waals surface area (Å²) in [5, 5.41) is 8.91. The van der Waals surface area contributed by atoms with Crippen molar-refractivity contribution in [3.63, 3.8) is 0 Å². The van der Waals surface area contributed by atoms with Gasteiger partial charge < -0.3 is 9.84 Å². The Morgan fingerprint density at radius 3 is 2.15 bits per heavy atom. The summed E-state index contributed by atoms with van der Waals surface area (Å²) in [5.74, 6) is -2.21. The Hall–Kier alpha value is -0.650. The lowest BCUT2D eigenvalue weighted by molar-refractivity contribution is -0.156. The summed E-state index contributed by atoms with van der Waals surface area (Å²) in [6.07, 6.45) is 0.00266. The highest BCUT2D eigenvalue weighted by molar-refractivity contribution is 5.69. The normalized spacial score (nSPS) is 12.8. The van der Waals surface area contributed by atoms with Crippen LogP contribution in [0.4, 0.5) is 0 Å². The SMILES string of the molecule is CC(C)(C)OC(=O)CCC(N)(N)O. The molecule has 0 bridgehead atoms. The molecule has 0 aliphatic carbocycles. The van der Waals surface area contributed by atoms with Gasteiger partial charge in [-0.15, -0.1) is 0 Å². The molecule has 5 heteroatoms. The van der Waals surface area contributed by atoms with Gasteiger partial charge in [-0.05, 0) is 20.8 Å². The molecule has 0 aliphatic heterocycles. The second-order valence-electron chi connectivity index (χ2n) is 4.08. The molecule has 0 unspecified atom stereocenters. The minimum Gasteiger partial charge on any atom is -0.460 e. The third kappa shape index (κ3) is 9.26. The van der Waals surface area contributed by atoms with E-state index in [-0.39, 0.29) is 12.8 Å². The minimum atomic E-state index is -1.79. The van der Waals surface area contributed by atoms with Gasteiger partial charge in [0.1, 0.15) is 5.60 Å². The second-order valence-corrected chi connectivity index (χ2v) is 4.08. The molecule has 0 aromatic heterocycles. The van der Waals surface area contributed by atoms with E-state index >= 15 is 0 Å². The van der Waals surface area contributed by atoms with E-state index in [1.54, 1.807) is 20.8 Å². The second kappa shape index (κ2) is 4.04. The zero-order valence-electron chi connectivity index (χ0n) is 8.33. The largest absolute Gasteiger partial charge is 0.460 e. The predicted molar refractivity (Wildman–Crippen MR) is 48.4 cm³/mol. The molecular formula is C8H18N2O3. The van der Waals surface area contributed by atoms with Gasteiger partial charge in [0, 0.05) is 6.42 Å². The molecule has 0 aliphatic rings. The summed E-state index contributed by atoms with van der Waals surface area (Å²) in [5.41, 5.74) is 9.63. The number of nitrogens with two attached hydrogens (primary N) is 2. The van der Waals surface area contributed by atoms with E-state index in [4.69, 9.17) is 21.3 Å². The molecule has 0 heterocycles. The fourth-order valence-electron chi connectivity index (χ4n) is 0.695. The third-order valence-electron chi connectivity index (χ3n) is 1.15. The Labute approximate surface area is 78.0 Å². The van der Waals surface area contributed by atoms with Gasteiger partial charge in [0.05, 0.1) is 6.42 Å². The van der Waals surface area contributed by atoms with Crippen LogP contribution >= 0.6 is 0 Å². The van der Waals surface area contributed by atoms with E-state index in [1.165, 1.54) is 0 Å². The first-order chi connectivity index (χ1) is 5.60. The van der Waals surface area contributed by atoms with Crippen LogP contribution in [0.25, 0.3) is 0 Å². The third-order valence-corrected chi connectivity index (χ3v) is 1.15. The molecule has 5 nitrogen and oxygen atoms in total. The summed E-state index contributed by atoms with van der Waals surface area (Å²) in [6.45, 7) is 5.30. The Morgan fingerprint density at radius 1 is 1.38 bits per heavy atom. The van der Waals surface area contributed by atoms with Crippen LogP contribution < -0.4 is 11.5 Å². The van der Waals surface area contributed by atoms with Gasteiger partial charge in [0.2, 0.25) is 0 Å². The lowest BCUT2D eigenvalue weighted by atomic mass is 10.2. The van der Waals surface area contributed by atoms with E-state index in [1.807, 2.05) is 0 Å². The van der Waals surface area contributed by atoms with Crippen LogP contribution in [0.3, 0.4) is 0 Å². The van der Waals surface area contributed by atoms with Crippen LogP contribution in [0.2, 0.25) is 0 Å². The first-order valence-electron chi connectivity index (χ1n) is 4.12. The summed E-state index contributed by atoms with van der Waals surface area (Å²) in [4.78, 5) is 11.1. The average molecular weight is 190 g/mol. The van der Waals surface area contributed by atoms with E-state index in [9.17, 15) is 4.79 Å². The molecule has 0 saturated carbocycles. The highest BCUT2D eigenvalue weighted by atomic mass is 16.6. The molecular weight excluding hydrogens is 172 g/mol. The molecule has 0 aromatic rings. The number of carbonyl (C=O) groups excluding carboxylic acids is 1. The zero-order valence-corrected chi connectivity index (χ0v) is 8.33. The number of hydrogen-bond acceptors (Lipinski definition) is 5. The molecule has 0 amide bonds. The van der Waals surface area contributed by atoms with Gasteiger partial charge in [-0.25, -0.2) is 0 Å². The number of hydrogen-bond donors (Lipinski definition) is 3. The van der Waals surface area contributed by atoms with E-state index in [2.05, 4.69) is 0 Å². The van der Waals surface area contributed by atoms with Crippen molar-refractivity contribution in [3.8, 4) is 0 Å². The van der Waals surface area contributed by atoms with Gasteiger partial charge >= 0.3 is 5.97 Å². The van der Waals surface area contributed by atoms with Crippen LogP contribution in [0, 0.1) is 0 Å². The minimum absolute atomic E-state index is 0.0120. The summed E-state index contributed by atoms with van der Waals surface area (Å²) >= 11 is 0. The average Bonchev–Trinajstić information content (AvgIpc) is 1.78. The van der Waals surface area contributed by atoms with Crippen LogP contribution in [-0.4, -0.2) is 22.5 Å². The molecule has 0 spiro atoms. The maximum Gasteiger partial charge on any atom is 0.306 e. The number of rotatable bonds is 3. The van der Waals surface area contributed by atoms with Gasteiger partial charge in [-0.2, -0.15) is 0 Å². The van der Waals surface area contributed by atoms with Crippen molar-refractivity contribution in [2.24, 2.45) is 11.5 Å². The van der Waals surface area contributed by atoms with E-state index in [0.29, 0.717) is 0 Å². The van der Waals surface area contributed by atoms with Crippen LogP contribution in [0.5, 0.6) is 0 Å². The monoisotopic (exact) mass is 190 g/mol. The Balaban J connectivity index is 3.78. The van der Waals surface area contributed by atoms with Crippen LogP contribution in [0.1, 0.15) is 33.6 Å². The number of esters is 1. The standard InChI is InChI=1S/C8H18N2O3/c1-7(2,3)13-6(11)4-5-8(9,10)12/h12H,4-5,9-10H2,1-3H3. The summed E-state index contributed by atoms with van der Waals surface area (Å²) in [7, 11) is 0. The molecule has 0 radical (unpaired) electrons. The van der Waals surface area contributed by atoms with Gasteiger partial charge in [-0.3, -0.25) is 16.3 Å². The number of carbonyl (C=O) groups is 1. The fourth-order valence-corrected chi connectivity index (χ4v) is 0.695. The highest BCUT2D eigenvalue weighted by Crippen LogP contribution is 2.10. The number of aliphatic hydroxyl groups is 1. The first-order valence-corrected chi connectivity index (χ1v) is 4.12. The molecule has 13 heavy (non-hydrogen) atoms. The van der Waals surface area contributed by atoms with Crippen molar-refractivity contribution >= 4 is 5.97 Å². The fraction of sp³-hybridized carbons (Fsp3) is 0.875. The van der Waals surface area contributed by atoms with Gasteiger partial charge in [0.15, 0.2) is 5.85 Å². The molecule has 0 saturated heterocycles. The molecule has 0 rings (SSSR count). The topological polar surface area (TPSA) is 98.6 Å². The zero-order chi connectivity index (χ0) is 10.7. The lowest BCUT2D eigenvalue weighted by Gasteiger charge is -2.21. The Morgan fingerprint density at radius 2 is 1.85 bits per heavy atom. The summed E-state index contributed by atoms with van der Waals surface area (Å²) in [6, 6.07) is 0. The predicted octanol–water partition coefficient (Wildman–Crippen LogP) is -0.328.